The van der Waals surface area contributed by atoms with Gasteiger partial charge >= 0.3 is 6.18 Å². The van der Waals surface area contributed by atoms with Crippen LogP contribution in [0.3, 0.4) is 0 Å². The Morgan fingerprint density at radius 3 is 2.56 bits per heavy atom. The van der Waals surface area contributed by atoms with E-state index < -0.39 is 34.0 Å². The Hall–Kier alpha value is -1.99. The fraction of sp³-hybridized carbons (Fsp3) is 0.125. The van der Waals surface area contributed by atoms with Crippen LogP contribution >= 0.6 is 0 Å². The van der Waals surface area contributed by atoms with Gasteiger partial charge in [0, 0.05) is 0 Å². The molecule has 0 fully saturated rings. The van der Waals surface area contributed by atoms with Crippen molar-refractivity contribution in [3.8, 4) is 0 Å². The van der Waals surface area contributed by atoms with Crippen molar-refractivity contribution in [1.29, 1.82) is 0 Å². The number of rotatable bonds is 0. The number of H-pyrrole nitrogens is 1. The van der Waals surface area contributed by atoms with E-state index in [0.717, 1.165) is 0 Å². The molecule has 2 rings (SSSR count). The minimum Gasteiger partial charge on any atom is -0.267 e. The maximum absolute atomic E-state index is 12.9. The molecule has 4 nitrogen and oxygen atoms in total. The lowest BCUT2D eigenvalue weighted by molar-refractivity contribution is -0.136. The van der Waals surface area contributed by atoms with Crippen molar-refractivity contribution < 1.29 is 17.6 Å². The van der Waals surface area contributed by atoms with Crippen LogP contribution in [0, 0.1) is 5.82 Å². The third-order valence-corrected chi connectivity index (χ3v) is 1.93. The summed E-state index contributed by atoms with van der Waals surface area (Å²) in [5.74, 6) is -1.15. The molecule has 1 N–H and O–H groups in total. The van der Waals surface area contributed by atoms with E-state index in [1.165, 1.54) is 0 Å². The first-order chi connectivity index (χ1) is 7.39. The second kappa shape index (κ2) is 3.26. The molecule has 0 radical (unpaired) electrons. The SMILES string of the molecule is O=c1[nH]nnc2c(C(F)(F)F)cc(F)cc12. The number of fused-ring (bicyclic) bond motifs is 1. The van der Waals surface area contributed by atoms with Crippen LogP contribution in [0.1, 0.15) is 5.56 Å². The van der Waals surface area contributed by atoms with E-state index in [1.807, 2.05) is 5.10 Å². The highest BCUT2D eigenvalue weighted by Gasteiger charge is 2.34. The van der Waals surface area contributed by atoms with Crippen molar-refractivity contribution in [1.82, 2.24) is 15.4 Å². The van der Waals surface area contributed by atoms with E-state index in [1.54, 1.807) is 0 Å². The lowest BCUT2D eigenvalue weighted by atomic mass is 10.1. The van der Waals surface area contributed by atoms with E-state index in [-0.39, 0.29) is 6.07 Å². The number of hydrogen-bond donors (Lipinski definition) is 1. The van der Waals surface area contributed by atoms with Crippen molar-refractivity contribution >= 4 is 10.9 Å². The zero-order valence-corrected chi connectivity index (χ0v) is 7.47. The smallest absolute Gasteiger partial charge is 0.267 e. The maximum atomic E-state index is 12.9. The summed E-state index contributed by atoms with van der Waals surface area (Å²) in [6.45, 7) is 0. The van der Waals surface area contributed by atoms with Crippen LogP contribution in [0.4, 0.5) is 17.6 Å². The number of nitrogens with one attached hydrogen (secondary N) is 1. The van der Waals surface area contributed by atoms with E-state index >= 15 is 0 Å². The topological polar surface area (TPSA) is 58.6 Å². The molecule has 0 aliphatic rings. The highest BCUT2D eigenvalue weighted by molar-refractivity contribution is 5.80. The van der Waals surface area contributed by atoms with Gasteiger partial charge in [-0.15, -0.1) is 5.10 Å². The van der Waals surface area contributed by atoms with Gasteiger partial charge in [0.1, 0.15) is 11.3 Å². The fourth-order valence-corrected chi connectivity index (χ4v) is 1.28. The van der Waals surface area contributed by atoms with Crippen LogP contribution in [0.2, 0.25) is 0 Å². The van der Waals surface area contributed by atoms with Crippen LogP contribution in [0.5, 0.6) is 0 Å². The number of aromatic nitrogens is 3. The van der Waals surface area contributed by atoms with Gasteiger partial charge in [0.15, 0.2) is 0 Å². The van der Waals surface area contributed by atoms with Crippen LogP contribution < -0.4 is 5.56 Å². The quantitative estimate of drug-likeness (QED) is 0.701. The van der Waals surface area contributed by atoms with Crippen molar-refractivity contribution in [2.45, 2.75) is 6.18 Å². The molecule has 0 amide bonds. The van der Waals surface area contributed by atoms with Gasteiger partial charge < -0.3 is 0 Å². The molecule has 0 bridgehead atoms. The van der Waals surface area contributed by atoms with Crippen molar-refractivity contribution in [3.63, 3.8) is 0 Å². The molecule has 0 saturated heterocycles. The molecule has 16 heavy (non-hydrogen) atoms. The molecule has 8 heteroatoms. The van der Waals surface area contributed by atoms with Crippen molar-refractivity contribution in [2.24, 2.45) is 0 Å². The maximum Gasteiger partial charge on any atom is 0.418 e. The van der Waals surface area contributed by atoms with Gasteiger partial charge in [-0.2, -0.15) is 13.2 Å². The Bertz CT molecular complexity index is 604. The zero-order valence-electron chi connectivity index (χ0n) is 7.47. The minimum atomic E-state index is -4.79. The number of nitrogens with zero attached hydrogens (tertiary/aromatic N) is 2. The Kier molecular flexibility index (Phi) is 2.14. The second-order valence-electron chi connectivity index (χ2n) is 2.99. The molecular formula is C8H3F4N3O. The molecule has 0 atom stereocenters. The zero-order chi connectivity index (χ0) is 11.9. The van der Waals surface area contributed by atoms with E-state index in [4.69, 9.17) is 0 Å². The standard InChI is InChI=1S/C8H3F4N3O/c9-3-1-4-6(13-15-14-7(4)16)5(2-3)8(10,11)12/h1-2H,(H,13,14,16). The molecule has 2 aromatic rings. The molecule has 1 aromatic heterocycles. The predicted molar refractivity (Wildman–Crippen MR) is 45.1 cm³/mol. The van der Waals surface area contributed by atoms with Gasteiger partial charge in [-0.05, 0) is 12.1 Å². The van der Waals surface area contributed by atoms with Crippen LogP contribution in [-0.2, 0) is 6.18 Å². The summed E-state index contributed by atoms with van der Waals surface area (Å²) in [5, 5.41) is 7.51. The normalized spacial score (nSPS) is 12.0. The predicted octanol–water partition coefficient (Wildman–Crippen LogP) is 1.48. The van der Waals surface area contributed by atoms with Crippen molar-refractivity contribution in [3.05, 3.63) is 33.9 Å². The van der Waals surface area contributed by atoms with Gasteiger partial charge in [0.25, 0.3) is 5.56 Å². The molecular weight excluding hydrogens is 230 g/mol. The molecule has 1 heterocycles. The van der Waals surface area contributed by atoms with Crippen LogP contribution in [-0.4, -0.2) is 15.4 Å². The van der Waals surface area contributed by atoms with Gasteiger partial charge in [-0.1, -0.05) is 5.21 Å². The first-order valence-corrected chi connectivity index (χ1v) is 4.01. The van der Waals surface area contributed by atoms with E-state index in [0.29, 0.717) is 6.07 Å². The van der Waals surface area contributed by atoms with Gasteiger partial charge in [0.2, 0.25) is 0 Å². The highest BCUT2D eigenvalue weighted by atomic mass is 19.4. The van der Waals surface area contributed by atoms with E-state index in [2.05, 4.69) is 10.3 Å². The summed E-state index contributed by atoms with van der Waals surface area (Å²) in [6.07, 6.45) is -4.79. The molecule has 0 aliphatic heterocycles. The van der Waals surface area contributed by atoms with Crippen LogP contribution in [0.15, 0.2) is 16.9 Å². The van der Waals surface area contributed by atoms with Crippen LogP contribution in [0.25, 0.3) is 10.9 Å². The summed E-state index contributed by atoms with van der Waals surface area (Å²) in [6, 6.07) is 0.953. The van der Waals surface area contributed by atoms with Gasteiger partial charge in [-0.3, -0.25) is 4.79 Å². The van der Waals surface area contributed by atoms with Crippen molar-refractivity contribution in [2.75, 3.05) is 0 Å². The number of halogens is 4. The molecule has 0 unspecified atom stereocenters. The summed E-state index contributed by atoms with van der Waals surface area (Å²) in [7, 11) is 0. The molecule has 0 saturated carbocycles. The Balaban J connectivity index is 2.95. The summed E-state index contributed by atoms with van der Waals surface area (Å²) >= 11 is 0. The summed E-state index contributed by atoms with van der Waals surface area (Å²) in [4.78, 5) is 11.1. The lowest BCUT2D eigenvalue weighted by Gasteiger charge is -2.08. The average molecular weight is 233 g/mol. The number of hydrogen-bond acceptors (Lipinski definition) is 3. The Morgan fingerprint density at radius 2 is 1.94 bits per heavy atom. The lowest BCUT2D eigenvalue weighted by Crippen LogP contribution is -2.15. The third kappa shape index (κ3) is 1.62. The molecule has 84 valence electrons. The number of alkyl halides is 3. The average Bonchev–Trinajstić information content (AvgIpc) is 2.17. The van der Waals surface area contributed by atoms with E-state index in [9.17, 15) is 22.4 Å². The van der Waals surface area contributed by atoms with Gasteiger partial charge in [-0.25, -0.2) is 9.49 Å². The Morgan fingerprint density at radius 1 is 1.25 bits per heavy atom. The molecule has 0 spiro atoms. The first-order valence-electron chi connectivity index (χ1n) is 4.01. The monoisotopic (exact) mass is 233 g/mol. The molecule has 0 aliphatic carbocycles. The second-order valence-corrected chi connectivity index (χ2v) is 2.99. The fourth-order valence-electron chi connectivity index (χ4n) is 1.28. The largest absolute Gasteiger partial charge is 0.418 e. The Labute approximate surface area is 84.9 Å². The third-order valence-electron chi connectivity index (χ3n) is 1.93. The minimum absolute atomic E-state index is 0.274. The number of benzene rings is 1. The van der Waals surface area contributed by atoms with Gasteiger partial charge in [0.05, 0.1) is 10.9 Å². The highest BCUT2D eigenvalue weighted by Crippen LogP contribution is 2.33. The summed E-state index contributed by atoms with van der Waals surface area (Å²) in [5.41, 5.74) is -2.91. The molecule has 1 aromatic carbocycles. The summed E-state index contributed by atoms with van der Waals surface area (Å²) < 4.78 is 50.4. The first kappa shape index (κ1) is 10.5. The number of aromatic amines is 1.